The molecule has 38 heavy (non-hydrogen) atoms. The minimum Gasteiger partial charge on any atom is -0.462 e. The number of β-amino-alcohol motifs (C(OH)–C–C–N with tert-alkyl or cyclic N) is 1. The molecule has 3 aromatic carbocycles. The first kappa shape index (κ1) is 28.0. The highest BCUT2D eigenvalue weighted by molar-refractivity contribution is 5.91. The molecule has 2 N–H and O–H groups in total. The lowest BCUT2D eigenvalue weighted by molar-refractivity contribution is 0.0526. The van der Waals surface area contributed by atoms with Crippen LogP contribution in [0.4, 0.5) is 0 Å². The molecule has 1 aliphatic carbocycles. The average Bonchev–Trinajstić information content (AvgIpc) is 3.29. The van der Waals surface area contributed by atoms with E-state index in [4.69, 9.17) is 4.74 Å². The van der Waals surface area contributed by atoms with Gasteiger partial charge in [0, 0.05) is 25.2 Å². The van der Waals surface area contributed by atoms with Gasteiger partial charge in [-0.15, -0.1) is 0 Å². The van der Waals surface area contributed by atoms with Crippen LogP contribution in [0.2, 0.25) is 0 Å². The number of nitrogens with one attached hydrogen (secondary N) is 1. The van der Waals surface area contributed by atoms with E-state index >= 15 is 0 Å². The first-order valence-electron chi connectivity index (χ1n) is 13.8. The summed E-state index contributed by atoms with van der Waals surface area (Å²) < 4.78 is 5.14. The Morgan fingerprint density at radius 2 is 1.68 bits per heavy atom. The number of rotatable bonds is 12. The van der Waals surface area contributed by atoms with Crippen LogP contribution < -0.4 is 5.32 Å². The first-order chi connectivity index (χ1) is 18.2. The van der Waals surface area contributed by atoms with E-state index in [0.29, 0.717) is 31.2 Å². The summed E-state index contributed by atoms with van der Waals surface area (Å²) in [6.45, 7) is 8.54. The van der Waals surface area contributed by atoms with Crippen LogP contribution in [0.1, 0.15) is 54.2 Å². The number of ether oxygens (including phenoxy) is 1. The van der Waals surface area contributed by atoms with Crippen LogP contribution in [-0.4, -0.2) is 54.4 Å². The Hall–Kier alpha value is -2.99. The molecule has 0 saturated heterocycles. The number of benzene rings is 3. The standard InChI is InChI=1S/C33H42N2O3/c1-5-38-32(37)30-15-9-14-29(19-30)28-13-8-10-24(16-28)22-35(4)23-31(36)21-34-33(2,3)20-25-17-26-11-6-7-12-27(26)18-25/h6-16,19,25,31,34,36H,5,17-18,20-23H2,1-4H3/t31-/m1/s1. The molecule has 0 fully saturated rings. The second kappa shape index (κ2) is 12.7. The summed E-state index contributed by atoms with van der Waals surface area (Å²) in [4.78, 5) is 14.3. The third-order valence-electron chi connectivity index (χ3n) is 7.36. The van der Waals surface area contributed by atoms with Crippen molar-refractivity contribution in [3.05, 3.63) is 95.1 Å². The molecule has 0 heterocycles. The largest absolute Gasteiger partial charge is 0.462 e. The van der Waals surface area contributed by atoms with Gasteiger partial charge in [-0.25, -0.2) is 4.79 Å². The van der Waals surface area contributed by atoms with Crippen LogP contribution in [0.3, 0.4) is 0 Å². The van der Waals surface area contributed by atoms with Gasteiger partial charge in [-0.05, 0) is 99.0 Å². The number of esters is 1. The molecular formula is C33H42N2O3. The molecule has 202 valence electrons. The van der Waals surface area contributed by atoms with Crippen LogP contribution in [0.25, 0.3) is 11.1 Å². The Morgan fingerprint density at radius 3 is 2.37 bits per heavy atom. The Labute approximate surface area is 227 Å². The van der Waals surface area contributed by atoms with Crippen molar-refractivity contribution in [2.24, 2.45) is 5.92 Å². The number of aliphatic hydroxyl groups is 1. The third-order valence-corrected chi connectivity index (χ3v) is 7.36. The summed E-state index contributed by atoms with van der Waals surface area (Å²) in [5, 5.41) is 14.4. The van der Waals surface area contributed by atoms with Crippen molar-refractivity contribution in [2.45, 2.75) is 58.2 Å². The smallest absolute Gasteiger partial charge is 0.338 e. The zero-order valence-corrected chi connectivity index (χ0v) is 23.2. The van der Waals surface area contributed by atoms with Crippen molar-refractivity contribution >= 4 is 5.97 Å². The molecule has 0 spiro atoms. The van der Waals surface area contributed by atoms with Crippen molar-refractivity contribution < 1.29 is 14.6 Å². The second-order valence-corrected chi connectivity index (χ2v) is 11.4. The summed E-state index contributed by atoms with van der Waals surface area (Å²) in [5.41, 5.74) is 6.71. The molecular weight excluding hydrogens is 472 g/mol. The number of likely N-dealkylation sites (N-methyl/N-ethyl adjacent to an activating group) is 1. The minimum atomic E-state index is -0.454. The lowest BCUT2D eigenvalue weighted by atomic mass is 9.88. The lowest BCUT2D eigenvalue weighted by Gasteiger charge is -2.31. The molecule has 4 rings (SSSR count). The van der Waals surface area contributed by atoms with E-state index in [-0.39, 0.29) is 11.5 Å². The van der Waals surface area contributed by atoms with E-state index in [1.54, 1.807) is 6.07 Å². The maximum Gasteiger partial charge on any atom is 0.338 e. The predicted molar refractivity (Wildman–Crippen MR) is 154 cm³/mol. The van der Waals surface area contributed by atoms with Crippen molar-refractivity contribution in [3.63, 3.8) is 0 Å². The van der Waals surface area contributed by atoms with Crippen molar-refractivity contribution in [1.29, 1.82) is 0 Å². The number of hydrogen-bond acceptors (Lipinski definition) is 5. The van der Waals surface area contributed by atoms with Crippen LogP contribution in [0.15, 0.2) is 72.8 Å². The monoisotopic (exact) mass is 514 g/mol. The average molecular weight is 515 g/mol. The predicted octanol–water partition coefficient (Wildman–Crippen LogP) is 5.50. The quantitative estimate of drug-likeness (QED) is 0.313. The molecule has 1 aliphatic rings. The second-order valence-electron chi connectivity index (χ2n) is 11.4. The molecule has 0 bridgehead atoms. The van der Waals surface area contributed by atoms with Crippen molar-refractivity contribution in [1.82, 2.24) is 10.2 Å². The maximum atomic E-state index is 12.1. The van der Waals surface area contributed by atoms with E-state index in [2.05, 4.69) is 66.5 Å². The van der Waals surface area contributed by atoms with E-state index in [1.807, 2.05) is 38.2 Å². The molecule has 0 amide bonds. The van der Waals surface area contributed by atoms with Crippen LogP contribution in [-0.2, 0) is 24.1 Å². The zero-order valence-electron chi connectivity index (χ0n) is 23.2. The summed E-state index contributed by atoms with van der Waals surface area (Å²) in [5.74, 6) is 0.351. The lowest BCUT2D eigenvalue weighted by Crippen LogP contribution is -2.47. The fraction of sp³-hybridized carbons (Fsp3) is 0.424. The summed E-state index contributed by atoms with van der Waals surface area (Å²) >= 11 is 0. The molecule has 0 aliphatic heterocycles. The van der Waals surface area contributed by atoms with Gasteiger partial charge in [0.2, 0.25) is 0 Å². The van der Waals surface area contributed by atoms with Gasteiger partial charge >= 0.3 is 5.97 Å². The fourth-order valence-electron chi connectivity index (χ4n) is 5.67. The molecule has 0 aromatic heterocycles. The highest BCUT2D eigenvalue weighted by Crippen LogP contribution is 2.32. The van der Waals surface area contributed by atoms with Crippen LogP contribution >= 0.6 is 0 Å². The van der Waals surface area contributed by atoms with E-state index < -0.39 is 6.10 Å². The number of aliphatic hydroxyl groups excluding tert-OH is 1. The Bertz CT molecular complexity index is 1200. The van der Waals surface area contributed by atoms with Crippen LogP contribution in [0, 0.1) is 5.92 Å². The van der Waals surface area contributed by atoms with Gasteiger partial charge in [-0.1, -0.05) is 54.6 Å². The van der Waals surface area contributed by atoms with Gasteiger partial charge in [-0.3, -0.25) is 4.90 Å². The topological polar surface area (TPSA) is 61.8 Å². The Balaban J connectivity index is 1.26. The molecule has 0 unspecified atom stereocenters. The Kier molecular flexibility index (Phi) is 9.37. The zero-order chi connectivity index (χ0) is 27.1. The summed E-state index contributed by atoms with van der Waals surface area (Å²) in [6.07, 6.45) is 2.94. The van der Waals surface area contributed by atoms with Gasteiger partial charge in [0.15, 0.2) is 0 Å². The molecule has 1 atom stereocenters. The Morgan fingerprint density at radius 1 is 1.03 bits per heavy atom. The molecule has 0 saturated carbocycles. The molecule has 0 radical (unpaired) electrons. The van der Waals surface area contributed by atoms with Crippen LogP contribution in [0.5, 0.6) is 0 Å². The molecule has 5 nitrogen and oxygen atoms in total. The van der Waals surface area contributed by atoms with Gasteiger partial charge < -0.3 is 15.2 Å². The summed E-state index contributed by atoms with van der Waals surface area (Å²) in [6, 6.07) is 24.7. The van der Waals surface area contributed by atoms with Gasteiger partial charge in [0.1, 0.15) is 0 Å². The normalized spacial score (nSPS) is 14.5. The fourth-order valence-corrected chi connectivity index (χ4v) is 5.67. The summed E-state index contributed by atoms with van der Waals surface area (Å²) in [7, 11) is 2.04. The van der Waals surface area contributed by atoms with Crippen molar-refractivity contribution in [3.8, 4) is 11.1 Å². The highest BCUT2D eigenvalue weighted by Gasteiger charge is 2.28. The molecule has 5 heteroatoms. The van der Waals surface area contributed by atoms with Gasteiger partial charge in [0.05, 0.1) is 18.3 Å². The number of carbonyl (C=O) groups is 1. The third kappa shape index (κ3) is 7.76. The van der Waals surface area contributed by atoms with E-state index in [1.165, 1.54) is 11.1 Å². The minimum absolute atomic E-state index is 0.0291. The number of nitrogens with zero attached hydrogens (tertiary/aromatic N) is 1. The van der Waals surface area contributed by atoms with E-state index in [0.717, 1.165) is 42.5 Å². The molecule has 3 aromatic rings. The maximum absolute atomic E-state index is 12.1. The number of carbonyl (C=O) groups excluding carboxylic acids is 1. The number of hydrogen-bond donors (Lipinski definition) is 2. The number of fused-ring (bicyclic) bond motifs is 1. The first-order valence-corrected chi connectivity index (χ1v) is 13.8. The highest BCUT2D eigenvalue weighted by atomic mass is 16.5. The van der Waals surface area contributed by atoms with Gasteiger partial charge in [0.25, 0.3) is 0 Å². The van der Waals surface area contributed by atoms with Crippen molar-refractivity contribution in [2.75, 3.05) is 26.7 Å². The van der Waals surface area contributed by atoms with E-state index in [9.17, 15) is 9.90 Å². The van der Waals surface area contributed by atoms with Gasteiger partial charge in [-0.2, -0.15) is 0 Å². The SMILES string of the molecule is CCOC(=O)c1cccc(-c2cccc(CN(C)C[C@H](O)CNC(C)(C)CC3Cc4ccccc4C3)c2)c1.